The molecule has 0 aliphatic rings. The number of amides is 1. The SMILES string of the molecule is CCONC(=O)c1cc(C(=O)OC(C)(C)C)n(-c2ccccc2)n1. The fourth-order valence-electron chi connectivity index (χ4n) is 1.92. The monoisotopic (exact) mass is 331 g/mol. The summed E-state index contributed by atoms with van der Waals surface area (Å²) in [5.41, 5.74) is 2.48. The van der Waals surface area contributed by atoms with Gasteiger partial charge in [0.25, 0.3) is 5.91 Å². The Morgan fingerprint density at radius 1 is 1.21 bits per heavy atom. The minimum atomic E-state index is -0.656. The molecule has 0 saturated carbocycles. The summed E-state index contributed by atoms with van der Waals surface area (Å²) in [6, 6.07) is 10.4. The number of esters is 1. The summed E-state index contributed by atoms with van der Waals surface area (Å²) in [6.07, 6.45) is 0. The quantitative estimate of drug-likeness (QED) is 0.672. The predicted molar refractivity (Wildman–Crippen MR) is 87.8 cm³/mol. The number of carbonyl (C=O) groups excluding carboxylic acids is 2. The standard InChI is InChI=1S/C17H21N3O4/c1-5-23-19-15(21)13-11-14(16(22)24-17(2,3)4)20(18-13)12-9-7-6-8-10-12/h6-11H,5H2,1-4H3,(H,19,21). The minimum Gasteiger partial charge on any atom is -0.455 e. The molecule has 128 valence electrons. The lowest BCUT2D eigenvalue weighted by Gasteiger charge is -2.19. The third-order valence-corrected chi connectivity index (χ3v) is 2.86. The van der Waals surface area contributed by atoms with Crippen molar-refractivity contribution in [2.75, 3.05) is 6.61 Å². The molecule has 1 aromatic heterocycles. The van der Waals surface area contributed by atoms with Crippen LogP contribution < -0.4 is 5.48 Å². The zero-order valence-corrected chi connectivity index (χ0v) is 14.2. The van der Waals surface area contributed by atoms with E-state index in [0.29, 0.717) is 12.3 Å². The highest BCUT2D eigenvalue weighted by Gasteiger charge is 2.25. The Labute approximate surface area is 140 Å². The third kappa shape index (κ3) is 4.42. The van der Waals surface area contributed by atoms with Crippen LogP contribution in [-0.4, -0.2) is 33.9 Å². The summed E-state index contributed by atoms with van der Waals surface area (Å²) >= 11 is 0. The van der Waals surface area contributed by atoms with Crippen LogP contribution in [0.25, 0.3) is 5.69 Å². The van der Waals surface area contributed by atoms with Crippen molar-refractivity contribution < 1.29 is 19.2 Å². The van der Waals surface area contributed by atoms with Crippen LogP contribution in [0.5, 0.6) is 0 Å². The normalized spacial score (nSPS) is 11.2. The van der Waals surface area contributed by atoms with Gasteiger partial charge in [-0.15, -0.1) is 0 Å². The first-order valence-electron chi connectivity index (χ1n) is 7.63. The molecule has 1 aromatic carbocycles. The Hall–Kier alpha value is -2.67. The van der Waals surface area contributed by atoms with Crippen molar-refractivity contribution in [1.29, 1.82) is 0 Å². The van der Waals surface area contributed by atoms with Gasteiger partial charge in [0.2, 0.25) is 0 Å². The van der Waals surface area contributed by atoms with Crippen molar-refractivity contribution >= 4 is 11.9 Å². The number of carbonyl (C=O) groups is 2. The molecule has 2 rings (SSSR count). The van der Waals surface area contributed by atoms with Gasteiger partial charge in [-0.3, -0.25) is 9.63 Å². The Balaban J connectivity index is 2.41. The number of hydrogen-bond donors (Lipinski definition) is 1. The van der Waals surface area contributed by atoms with Gasteiger partial charge in [-0.25, -0.2) is 15.0 Å². The van der Waals surface area contributed by atoms with Crippen LogP contribution in [0.1, 0.15) is 48.7 Å². The Morgan fingerprint density at radius 3 is 2.46 bits per heavy atom. The van der Waals surface area contributed by atoms with Gasteiger partial charge in [0, 0.05) is 6.07 Å². The van der Waals surface area contributed by atoms with Crippen molar-refractivity contribution in [2.45, 2.75) is 33.3 Å². The zero-order valence-electron chi connectivity index (χ0n) is 14.2. The van der Waals surface area contributed by atoms with Gasteiger partial charge in [-0.2, -0.15) is 5.10 Å². The van der Waals surface area contributed by atoms with E-state index >= 15 is 0 Å². The van der Waals surface area contributed by atoms with Gasteiger partial charge in [0.15, 0.2) is 11.4 Å². The van der Waals surface area contributed by atoms with E-state index in [2.05, 4.69) is 10.6 Å². The molecule has 2 aromatic rings. The van der Waals surface area contributed by atoms with Crippen LogP contribution in [0.4, 0.5) is 0 Å². The topological polar surface area (TPSA) is 82.5 Å². The highest BCUT2D eigenvalue weighted by Crippen LogP contribution is 2.17. The molecule has 1 amide bonds. The molecular formula is C17H21N3O4. The van der Waals surface area contributed by atoms with E-state index in [1.165, 1.54) is 10.7 Å². The van der Waals surface area contributed by atoms with Crippen LogP contribution in [-0.2, 0) is 9.57 Å². The molecule has 0 unspecified atom stereocenters. The molecule has 24 heavy (non-hydrogen) atoms. The maximum Gasteiger partial charge on any atom is 0.357 e. The van der Waals surface area contributed by atoms with Gasteiger partial charge in [-0.05, 0) is 39.8 Å². The summed E-state index contributed by atoms with van der Waals surface area (Å²) < 4.78 is 6.78. The molecule has 7 nitrogen and oxygen atoms in total. The number of para-hydroxylation sites is 1. The first-order valence-corrected chi connectivity index (χ1v) is 7.63. The molecule has 0 bridgehead atoms. The number of hydroxylamine groups is 1. The Bertz CT molecular complexity index is 717. The molecule has 0 spiro atoms. The van der Waals surface area contributed by atoms with Crippen molar-refractivity contribution in [3.8, 4) is 5.69 Å². The van der Waals surface area contributed by atoms with Gasteiger partial charge in [0.1, 0.15) is 5.60 Å². The van der Waals surface area contributed by atoms with Gasteiger partial charge in [-0.1, -0.05) is 18.2 Å². The van der Waals surface area contributed by atoms with E-state index < -0.39 is 17.5 Å². The number of hydrogen-bond acceptors (Lipinski definition) is 5. The number of aromatic nitrogens is 2. The maximum atomic E-state index is 12.5. The van der Waals surface area contributed by atoms with Gasteiger partial charge < -0.3 is 4.74 Å². The molecule has 1 N–H and O–H groups in total. The number of rotatable bonds is 5. The number of ether oxygens (including phenoxy) is 1. The summed E-state index contributed by atoms with van der Waals surface area (Å²) in [5.74, 6) is -1.09. The summed E-state index contributed by atoms with van der Waals surface area (Å²) in [4.78, 5) is 29.4. The van der Waals surface area contributed by atoms with E-state index in [9.17, 15) is 9.59 Å². The number of nitrogens with one attached hydrogen (secondary N) is 1. The minimum absolute atomic E-state index is 0.0631. The molecule has 0 saturated heterocycles. The second kappa shape index (κ2) is 7.27. The highest BCUT2D eigenvalue weighted by atomic mass is 16.6. The average Bonchev–Trinajstić information content (AvgIpc) is 2.97. The Kier molecular flexibility index (Phi) is 5.35. The van der Waals surface area contributed by atoms with Crippen LogP contribution in [0.15, 0.2) is 36.4 Å². The van der Waals surface area contributed by atoms with E-state index in [-0.39, 0.29) is 11.4 Å². The first kappa shape index (κ1) is 17.7. The lowest BCUT2D eigenvalue weighted by molar-refractivity contribution is 0.00593. The fraction of sp³-hybridized carbons (Fsp3) is 0.353. The lowest BCUT2D eigenvalue weighted by Crippen LogP contribution is -2.25. The number of benzene rings is 1. The van der Waals surface area contributed by atoms with E-state index in [4.69, 9.17) is 9.57 Å². The smallest absolute Gasteiger partial charge is 0.357 e. The van der Waals surface area contributed by atoms with Crippen molar-refractivity contribution in [1.82, 2.24) is 15.3 Å². The molecule has 0 aliphatic carbocycles. The second-order valence-electron chi connectivity index (χ2n) is 6.03. The zero-order chi connectivity index (χ0) is 17.7. The Morgan fingerprint density at radius 2 is 1.88 bits per heavy atom. The summed E-state index contributed by atoms with van der Waals surface area (Å²) in [5, 5.41) is 4.21. The van der Waals surface area contributed by atoms with Crippen LogP contribution in [0.2, 0.25) is 0 Å². The van der Waals surface area contributed by atoms with Crippen LogP contribution in [0.3, 0.4) is 0 Å². The highest BCUT2D eigenvalue weighted by molar-refractivity contribution is 5.96. The molecule has 0 radical (unpaired) electrons. The third-order valence-electron chi connectivity index (χ3n) is 2.86. The largest absolute Gasteiger partial charge is 0.455 e. The van der Waals surface area contributed by atoms with Gasteiger partial charge in [0.05, 0.1) is 12.3 Å². The van der Waals surface area contributed by atoms with Crippen molar-refractivity contribution in [3.63, 3.8) is 0 Å². The van der Waals surface area contributed by atoms with Crippen molar-refractivity contribution in [2.24, 2.45) is 0 Å². The van der Waals surface area contributed by atoms with E-state index in [1.54, 1.807) is 39.8 Å². The summed E-state index contributed by atoms with van der Waals surface area (Å²) in [7, 11) is 0. The maximum absolute atomic E-state index is 12.5. The molecular weight excluding hydrogens is 310 g/mol. The molecule has 1 heterocycles. The summed E-state index contributed by atoms with van der Waals surface area (Å²) in [6.45, 7) is 7.39. The first-order chi connectivity index (χ1) is 11.3. The lowest BCUT2D eigenvalue weighted by atomic mass is 10.2. The fourth-order valence-corrected chi connectivity index (χ4v) is 1.92. The van der Waals surface area contributed by atoms with Crippen LogP contribution in [0, 0.1) is 0 Å². The molecule has 0 aliphatic heterocycles. The van der Waals surface area contributed by atoms with Crippen LogP contribution >= 0.6 is 0 Å². The second-order valence-corrected chi connectivity index (χ2v) is 6.03. The van der Waals surface area contributed by atoms with E-state index in [1.807, 2.05) is 18.2 Å². The molecule has 0 atom stereocenters. The predicted octanol–water partition coefficient (Wildman–Crippen LogP) is 2.51. The van der Waals surface area contributed by atoms with Gasteiger partial charge >= 0.3 is 5.97 Å². The average molecular weight is 331 g/mol. The molecule has 7 heteroatoms. The van der Waals surface area contributed by atoms with Crippen molar-refractivity contribution in [3.05, 3.63) is 47.8 Å². The number of nitrogens with zero attached hydrogens (tertiary/aromatic N) is 2. The molecule has 0 fully saturated rings. The van der Waals surface area contributed by atoms with E-state index in [0.717, 1.165) is 0 Å².